The van der Waals surface area contributed by atoms with Crippen molar-refractivity contribution >= 4 is 17.5 Å². The lowest BCUT2D eigenvalue weighted by atomic mass is 9.98. The molecular formula is C19H26ClN3O. The molecule has 0 aliphatic rings. The standard InChI is InChI=1S/C19H26ClN3O/c1-11(2)17-16(19(24)21-13(5)6)18(12(3)4)23(22-17)15-9-7-8-14(20)10-15/h7-13H,1-6H3,(H,21,24). The summed E-state index contributed by atoms with van der Waals surface area (Å²) < 4.78 is 1.86. The Bertz CT molecular complexity index is 732. The van der Waals surface area contributed by atoms with Gasteiger partial charge in [-0.25, -0.2) is 4.68 Å². The summed E-state index contributed by atoms with van der Waals surface area (Å²) in [5.41, 5.74) is 3.29. The Labute approximate surface area is 149 Å². The normalized spacial score (nSPS) is 11.6. The van der Waals surface area contributed by atoms with E-state index in [2.05, 4.69) is 33.0 Å². The highest BCUT2D eigenvalue weighted by molar-refractivity contribution is 6.30. The number of benzene rings is 1. The van der Waals surface area contributed by atoms with E-state index in [-0.39, 0.29) is 23.8 Å². The molecule has 0 atom stereocenters. The molecule has 0 aliphatic heterocycles. The van der Waals surface area contributed by atoms with E-state index in [4.69, 9.17) is 16.7 Å². The smallest absolute Gasteiger partial charge is 0.255 e. The van der Waals surface area contributed by atoms with Crippen molar-refractivity contribution in [3.63, 3.8) is 0 Å². The Balaban J connectivity index is 2.71. The number of hydrogen-bond acceptors (Lipinski definition) is 2. The number of rotatable bonds is 5. The first-order chi connectivity index (χ1) is 11.2. The Morgan fingerprint density at radius 2 is 1.79 bits per heavy atom. The molecule has 0 saturated heterocycles. The zero-order valence-electron chi connectivity index (χ0n) is 15.2. The zero-order chi connectivity index (χ0) is 18.0. The maximum Gasteiger partial charge on any atom is 0.255 e. The highest BCUT2D eigenvalue weighted by atomic mass is 35.5. The van der Waals surface area contributed by atoms with Crippen LogP contribution in [0, 0.1) is 0 Å². The lowest BCUT2D eigenvalue weighted by Crippen LogP contribution is -2.31. The van der Waals surface area contributed by atoms with E-state index in [9.17, 15) is 4.79 Å². The molecule has 4 nitrogen and oxygen atoms in total. The molecule has 1 heterocycles. The van der Waals surface area contributed by atoms with E-state index >= 15 is 0 Å². The fourth-order valence-corrected chi connectivity index (χ4v) is 2.94. The van der Waals surface area contributed by atoms with E-state index in [1.807, 2.05) is 42.8 Å². The van der Waals surface area contributed by atoms with Gasteiger partial charge in [0.1, 0.15) is 0 Å². The van der Waals surface area contributed by atoms with Gasteiger partial charge < -0.3 is 5.32 Å². The molecule has 0 fully saturated rings. The van der Waals surface area contributed by atoms with Crippen LogP contribution in [0.3, 0.4) is 0 Å². The first kappa shape index (κ1) is 18.5. The molecule has 0 unspecified atom stereocenters. The molecule has 0 aliphatic carbocycles. The van der Waals surface area contributed by atoms with Gasteiger partial charge in [-0.05, 0) is 43.9 Å². The summed E-state index contributed by atoms with van der Waals surface area (Å²) in [6, 6.07) is 7.63. The topological polar surface area (TPSA) is 46.9 Å². The number of carbonyl (C=O) groups excluding carboxylic acids is 1. The van der Waals surface area contributed by atoms with Crippen LogP contribution in [0.5, 0.6) is 0 Å². The van der Waals surface area contributed by atoms with Crippen LogP contribution < -0.4 is 5.32 Å². The maximum atomic E-state index is 12.8. The van der Waals surface area contributed by atoms with E-state index in [0.717, 1.165) is 17.1 Å². The largest absolute Gasteiger partial charge is 0.350 e. The van der Waals surface area contributed by atoms with Crippen molar-refractivity contribution in [1.29, 1.82) is 0 Å². The van der Waals surface area contributed by atoms with Gasteiger partial charge in [0.25, 0.3) is 5.91 Å². The number of nitrogens with zero attached hydrogens (tertiary/aromatic N) is 2. The van der Waals surface area contributed by atoms with Crippen LogP contribution in [0.15, 0.2) is 24.3 Å². The first-order valence-corrected chi connectivity index (χ1v) is 8.79. The molecule has 1 amide bonds. The van der Waals surface area contributed by atoms with Gasteiger partial charge in [-0.3, -0.25) is 4.79 Å². The van der Waals surface area contributed by atoms with Gasteiger partial charge >= 0.3 is 0 Å². The van der Waals surface area contributed by atoms with Crippen molar-refractivity contribution in [2.45, 2.75) is 59.4 Å². The monoisotopic (exact) mass is 347 g/mol. The molecule has 1 aromatic heterocycles. The number of halogens is 1. The lowest BCUT2D eigenvalue weighted by Gasteiger charge is -2.15. The number of amides is 1. The van der Waals surface area contributed by atoms with Crippen LogP contribution in [0.2, 0.25) is 5.02 Å². The van der Waals surface area contributed by atoms with Gasteiger partial charge in [-0.15, -0.1) is 0 Å². The van der Waals surface area contributed by atoms with Gasteiger partial charge in [-0.2, -0.15) is 5.10 Å². The first-order valence-electron chi connectivity index (χ1n) is 8.42. The number of carbonyl (C=O) groups is 1. The van der Waals surface area contributed by atoms with Crippen LogP contribution in [0.25, 0.3) is 5.69 Å². The third-order valence-electron chi connectivity index (χ3n) is 3.74. The van der Waals surface area contributed by atoms with Crippen LogP contribution in [0.4, 0.5) is 0 Å². The van der Waals surface area contributed by atoms with Gasteiger partial charge in [0, 0.05) is 11.1 Å². The lowest BCUT2D eigenvalue weighted by molar-refractivity contribution is 0.0940. The summed E-state index contributed by atoms with van der Waals surface area (Å²) in [6.07, 6.45) is 0. The minimum absolute atomic E-state index is 0.0642. The molecule has 0 spiro atoms. The Morgan fingerprint density at radius 3 is 2.29 bits per heavy atom. The number of nitrogens with one attached hydrogen (secondary N) is 1. The van der Waals surface area contributed by atoms with Crippen LogP contribution in [0.1, 0.15) is 75.1 Å². The molecule has 24 heavy (non-hydrogen) atoms. The van der Waals surface area contributed by atoms with E-state index in [0.29, 0.717) is 10.6 Å². The molecule has 0 bridgehead atoms. The summed E-state index contributed by atoms with van der Waals surface area (Å²) in [4.78, 5) is 12.8. The maximum absolute atomic E-state index is 12.8. The second-order valence-corrected chi connectivity index (χ2v) is 7.41. The number of aromatic nitrogens is 2. The summed E-state index contributed by atoms with van der Waals surface area (Å²) in [5.74, 6) is 0.235. The summed E-state index contributed by atoms with van der Waals surface area (Å²) in [5, 5.41) is 8.43. The predicted octanol–water partition coefficient (Wildman–Crippen LogP) is 4.91. The van der Waals surface area contributed by atoms with E-state index < -0.39 is 0 Å². The molecule has 5 heteroatoms. The predicted molar refractivity (Wildman–Crippen MR) is 99.4 cm³/mol. The van der Waals surface area contributed by atoms with Crippen LogP contribution in [-0.2, 0) is 0 Å². The Morgan fingerprint density at radius 1 is 1.12 bits per heavy atom. The fraction of sp³-hybridized carbons (Fsp3) is 0.474. The molecule has 2 rings (SSSR count). The average Bonchev–Trinajstić information content (AvgIpc) is 2.87. The molecular weight excluding hydrogens is 322 g/mol. The zero-order valence-corrected chi connectivity index (χ0v) is 16.0. The summed E-state index contributed by atoms with van der Waals surface area (Å²) in [6.45, 7) is 12.2. The van der Waals surface area contributed by atoms with Crippen molar-refractivity contribution in [3.05, 3.63) is 46.2 Å². The van der Waals surface area contributed by atoms with E-state index in [1.165, 1.54) is 0 Å². The van der Waals surface area contributed by atoms with Crippen molar-refractivity contribution in [1.82, 2.24) is 15.1 Å². The molecule has 2 aromatic rings. The van der Waals surface area contributed by atoms with Gasteiger partial charge in [-0.1, -0.05) is 45.4 Å². The highest BCUT2D eigenvalue weighted by Crippen LogP contribution is 2.30. The van der Waals surface area contributed by atoms with Gasteiger partial charge in [0.05, 0.1) is 22.6 Å². The summed E-state index contributed by atoms with van der Waals surface area (Å²) in [7, 11) is 0. The minimum atomic E-state index is -0.0642. The minimum Gasteiger partial charge on any atom is -0.350 e. The third-order valence-corrected chi connectivity index (χ3v) is 3.98. The molecule has 1 aromatic carbocycles. The second kappa shape index (κ2) is 7.39. The second-order valence-electron chi connectivity index (χ2n) is 6.97. The SMILES string of the molecule is CC(C)NC(=O)c1c(C(C)C)nn(-c2cccc(Cl)c2)c1C(C)C. The average molecular weight is 348 g/mol. The Hall–Kier alpha value is -1.81. The molecule has 0 radical (unpaired) electrons. The van der Waals surface area contributed by atoms with Gasteiger partial charge in [0.2, 0.25) is 0 Å². The van der Waals surface area contributed by atoms with Crippen LogP contribution in [-0.4, -0.2) is 21.7 Å². The molecule has 130 valence electrons. The van der Waals surface area contributed by atoms with Crippen molar-refractivity contribution in [2.75, 3.05) is 0 Å². The van der Waals surface area contributed by atoms with Gasteiger partial charge in [0.15, 0.2) is 0 Å². The molecule has 1 N–H and O–H groups in total. The molecule has 0 saturated carbocycles. The van der Waals surface area contributed by atoms with Crippen LogP contribution >= 0.6 is 11.6 Å². The quantitative estimate of drug-likeness (QED) is 0.835. The van der Waals surface area contributed by atoms with Crippen molar-refractivity contribution < 1.29 is 4.79 Å². The fourth-order valence-electron chi connectivity index (χ4n) is 2.76. The Kier molecular flexibility index (Phi) is 5.70. The van der Waals surface area contributed by atoms with E-state index in [1.54, 1.807) is 0 Å². The van der Waals surface area contributed by atoms with Crippen molar-refractivity contribution in [3.8, 4) is 5.69 Å². The third kappa shape index (κ3) is 3.81. The number of hydrogen-bond donors (Lipinski definition) is 1. The highest BCUT2D eigenvalue weighted by Gasteiger charge is 2.27. The van der Waals surface area contributed by atoms with Crippen molar-refractivity contribution in [2.24, 2.45) is 0 Å². The summed E-state index contributed by atoms with van der Waals surface area (Å²) >= 11 is 6.15.